The second-order valence-electron chi connectivity index (χ2n) is 7.01. The molecule has 2 unspecified atom stereocenters. The largest absolute Gasteiger partial charge is 0.481 e. The van der Waals surface area contributed by atoms with Crippen LogP contribution in [0.4, 0.5) is 0 Å². The number of hydrogen-bond donors (Lipinski definition) is 4. The Morgan fingerprint density at radius 2 is 1.83 bits per heavy atom. The highest BCUT2D eigenvalue weighted by Crippen LogP contribution is 2.29. The first-order valence-electron chi connectivity index (χ1n) is 9.46. The molecule has 6 N–H and O–H groups in total. The highest BCUT2D eigenvalue weighted by Gasteiger charge is 2.28. The number of primary amides is 1. The Kier molecular flexibility index (Phi) is 6.48. The van der Waals surface area contributed by atoms with Crippen molar-refractivity contribution in [2.24, 2.45) is 11.5 Å². The molecule has 0 bridgehead atoms. The molecule has 0 saturated carbocycles. The van der Waals surface area contributed by atoms with Gasteiger partial charge in [-0.1, -0.05) is 30.3 Å². The summed E-state index contributed by atoms with van der Waals surface area (Å²) in [5.74, 6) is -1.46. The van der Waals surface area contributed by atoms with Crippen LogP contribution in [0.5, 0.6) is 5.75 Å². The van der Waals surface area contributed by atoms with Crippen LogP contribution in [0.3, 0.4) is 0 Å². The maximum absolute atomic E-state index is 13.0. The number of nitrogens with one attached hydrogen (secondary N) is 1. The predicted octanol–water partition coefficient (Wildman–Crippen LogP) is 2.08. The Hall–Kier alpha value is -3.65. The smallest absolute Gasteiger partial charge is 0.303 e. The van der Waals surface area contributed by atoms with E-state index in [2.05, 4.69) is 4.98 Å². The molecule has 0 spiro atoms. The van der Waals surface area contributed by atoms with Gasteiger partial charge < -0.3 is 26.3 Å². The normalized spacial score (nSPS) is 13.0. The molecule has 0 aliphatic rings. The van der Waals surface area contributed by atoms with Gasteiger partial charge in [-0.25, -0.2) is 0 Å². The minimum atomic E-state index is -1.02. The molecular formula is C22H23N3O5. The summed E-state index contributed by atoms with van der Waals surface area (Å²) in [6.07, 6.45) is 0.595. The van der Waals surface area contributed by atoms with Gasteiger partial charge in [0, 0.05) is 23.5 Å². The molecule has 1 aromatic heterocycles. The summed E-state index contributed by atoms with van der Waals surface area (Å²) in [5, 5.41) is 9.63. The molecule has 2 aromatic carbocycles. The molecule has 0 saturated heterocycles. The van der Waals surface area contributed by atoms with Gasteiger partial charge in [0.25, 0.3) is 0 Å². The van der Waals surface area contributed by atoms with Gasteiger partial charge in [-0.2, -0.15) is 0 Å². The summed E-state index contributed by atoms with van der Waals surface area (Å²) >= 11 is 0. The lowest BCUT2D eigenvalue weighted by molar-refractivity contribution is -0.137. The molecule has 0 fully saturated rings. The zero-order chi connectivity index (χ0) is 21.7. The van der Waals surface area contributed by atoms with Crippen LogP contribution in [0.25, 0.3) is 10.9 Å². The molecule has 1 amide bonds. The van der Waals surface area contributed by atoms with Crippen LogP contribution in [0.2, 0.25) is 0 Å². The fraction of sp³-hybridized carbons (Fsp3) is 0.227. The van der Waals surface area contributed by atoms with Crippen molar-refractivity contribution in [3.05, 3.63) is 65.9 Å². The van der Waals surface area contributed by atoms with Gasteiger partial charge in [-0.3, -0.25) is 14.4 Å². The Balaban J connectivity index is 1.90. The van der Waals surface area contributed by atoms with Gasteiger partial charge in [-0.05, 0) is 35.7 Å². The predicted molar refractivity (Wildman–Crippen MR) is 111 cm³/mol. The fourth-order valence-corrected chi connectivity index (χ4v) is 3.23. The first kappa shape index (κ1) is 21.1. The second-order valence-corrected chi connectivity index (χ2v) is 7.01. The Labute approximate surface area is 172 Å². The number of carbonyl (C=O) groups is 3. The van der Waals surface area contributed by atoms with Crippen molar-refractivity contribution < 1.29 is 24.2 Å². The number of carbonyl (C=O) groups excluding carboxylic acids is 2. The van der Waals surface area contributed by atoms with Crippen molar-refractivity contribution in [3.8, 4) is 5.75 Å². The van der Waals surface area contributed by atoms with E-state index in [-0.39, 0.29) is 19.3 Å². The minimum Gasteiger partial charge on any atom is -0.481 e. The number of amides is 1. The summed E-state index contributed by atoms with van der Waals surface area (Å²) in [5.41, 5.74) is 13.4. The molecule has 0 radical (unpaired) electrons. The number of Topliss-reactive ketones (excluding diaryl/α,β-unsaturated/α-hetero) is 1. The zero-order valence-electron chi connectivity index (χ0n) is 16.2. The van der Waals surface area contributed by atoms with Crippen LogP contribution >= 0.6 is 0 Å². The van der Waals surface area contributed by atoms with Crippen LogP contribution < -0.4 is 16.2 Å². The van der Waals surface area contributed by atoms with Crippen molar-refractivity contribution in [2.75, 3.05) is 0 Å². The first-order valence-corrected chi connectivity index (χ1v) is 9.46. The van der Waals surface area contributed by atoms with Crippen molar-refractivity contribution in [1.29, 1.82) is 0 Å². The fourth-order valence-electron chi connectivity index (χ4n) is 3.23. The monoisotopic (exact) mass is 409 g/mol. The molecule has 0 aliphatic heterocycles. The van der Waals surface area contributed by atoms with Crippen LogP contribution in [-0.2, 0) is 20.8 Å². The third-order valence-corrected chi connectivity index (χ3v) is 4.75. The number of rotatable bonds is 10. The Morgan fingerprint density at radius 1 is 1.10 bits per heavy atom. The number of carboxylic acids is 1. The molecule has 8 nitrogen and oxygen atoms in total. The Bertz CT molecular complexity index is 1060. The molecule has 2 atom stereocenters. The molecular weight excluding hydrogens is 386 g/mol. The van der Waals surface area contributed by atoms with E-state index in [4.69, 9.17) is 21.3 Å². The number of carboxylic acid groups (broad SMARTS) is 1. The number of ketones is 1. The number of nitrogens with two attached hydrogens (primary N) is 2. The van der Waals surface area contributed by atoms with Gasteiger partial charge in [0.1, 0.15) is 5.75 Å². The Morgan fingerprint density at radius 3 is 2.50 bits per heavy atom. The van der Waals surface area contributed by atoms with E-state index in [0.717, 1.165) is 16.5 Å². The van der Waals surface area contributed by atoms with Gasteiger partial charge in [0.15, 0.2) is 11.9 Å². The van der Waals surface area contributed by atoms with E-state index in [9.17, 15) is 14.4 Å². The van der Waals surface area contributed by atoms with Crippen molar-refractivity contribution >= 4 is 28.6 Å². The van der Waals surface area contributed by atoms with Crippen LogP contribution in [0.1, 0.15) is 30.1 Å². The lowest BCUT2D eigenvalue weighted by Gasteiger charge is -2.22. The summed E-state index contributed by atoms with van der Waals surface area (Å²) in [4.78, 5) is 38.2. The average molecular weight is 409 g/mol. The number of benzene rings is 2. The van der Waals surface area contributed by atoms with E-state index < -0.39 is 29.8 Å². The van der Waals surface area contributed by atoms with Gasteiger partial charge in [0.2, 0.25) is 5.91 Å². The number of aliphatic carboxylic acids is 1. The molecule has 156 valence electrons. The first-order chi connectivity index (χ1) is 14.3. The maximum Gasteiger partial charge on any atom is 0.303 e. The van der Waals surface area contributed by atoms with E-state index >= 15 is 0 Å². The van der Waals surface area contributed by atoms with Crippen LogP contribution in [-0.4, -0.2) is 33.8 Å². The highest BCUT2D eigenvalue weighted by atomic mass is 16.5. The lowest BCUT2D eigenvalue weighted by atomic mass is 9.97. The average Bonchev–Trinajstić information content (AvgIpc) is 3.11. The summed E-state index contributed by atoms with van der Waals surface area (Å²) < 4.78 is 6.02. The summed E-state index contributed by atoms with van der Waals surface area (Å²) in [6.45, 7) is 0. The van der Waals surface area contributed by atoms with Crippen molar-refractivity contribution in [1.82, 2.24) is 4.98 Å². The number of ether oxygens (including phenoxy) is 1. The zero-order valence-corrected chi connectivity index (χ0v) is 16.2. The highest BCUT2D eigenvalue weighted by molar-refractivity contribution is 5.91. The minimum absolute atomic E-state index is 0.0144. The number of aromatic nitrogens is 1. The van der Waals surface area contributed by atoms with Crippen LogP contribution in [0.15, 0.2) is 54.7 Å². The standard InChI is InChI=1S/C22H23N3O5/c23-17(7-9-20(27)28)21(29)22(13-4-2-1-3-5-13)30-15-6-8-18-16(11-15)14(12-25-18)10-19(24)26/h1-6,8,11-12,17,22,25H,7,9-10,23H2,(H2,24,26)(H,27,28). The van der Waals surface area contributed by atoms with E-state index in [0.29, 0.717) is 11.3 Å². The second kappa shape index (κ2) is 9.23. The van der Waals surface area contributed by atoms with E-state index in [1.165, 1.54) is 0 Å². The van der Waals surface area contributed by atoms with Gasteiger partial charge in [-0.15, -0.1) is 0 Å². The SMILES string of the molecule is NC(=O)Cc1c[nH]c2ccc(OC(C(=O)C(N)CCC(=O)O)c3ccccc3)cc12. The van der Waals surface area contributed by atoms with Crippen molar-refractivity contribution in [2.45, 2.75) is 31.4 Å². The molecule has 0 aliphatic carbocycles. The van der Waals surface area contributed by atoms with E-state index in [1.54, 1.807) is 48.7 Å². The molecule has 3 rings (SSSR count). The summed E-state index contributed by atoms with van der Waals surface area (Å²) in [6, 6.07) is 13.1. The van der Waals surface area contributed by atoms with Crippen LogP contribution in [0, 0.1) is 0 Å². The molecule has 3 aromatic rings. The number of aromatic amines is 1. The van der Waals surface area contributed by atoms with Gasteiger partial charge >= 0.3 is 5.97 Å². The molecule has 1 heterocycles. The summed E-state index contributed by atoms with van der Waals surface area (Å²) in [7, 11) is 0. The van der Waals surface area contributed by atoms with Gasteiger partial charge in [0.05, 0.1) is 12.5 Å². The van der Waals surface area contributed by atoms with Crippen molar-refractivity contribution in [3.63, 3.8) is 0 Å². The third kappa shape index (κ3) is 5.03. The number of hydrogen-bond acceptors (Lipinski definition) is 5. The lowest BCUT2D eigenvalue weighted by Crippen LogP contribution is -2.37. The quantitative estimate of drug-likeness (QED) is 0.403. The number of fused-ring (bicyclic) bond motifs is 1. The molecule has 8 heteroatoms. The molecule has 30 heavy (non-hydrogen) atoms. The maximum atomic E-state index is 13.0. The van der Waals surface area contributed by atoms with E-state index in [1.807, 2.05) is 6.07 Å². The third-order valence-electron chi connectivity index (χ3n) is 4.75. The topological polar surface area (TPSA) is 148 Å². The number of H-pyrrole nitrogens is 1.